The molecular formula is C22H25NO7. The van der Waals surface area contributed by atoms with Crippen LogP contribution in [0.3, 0.4) is 0 Å². The minimum Gasteiger partial charge on any atom is -0.507 e. The van der Waals surface area contributed by atoms with Gasteiger partial charge in [0.1, 0.15) is 17.4 Å². The van der Waals surface area contributed by atoms with Crippen LogP contribution in [0.5, 0.6) is 5.75 Å². The molecule has 0 saturated carbocycles. The first kappa shape index (κ1) is 21.4. The van der Waals surface area contributed by atoms with Crippen molar-refractivity contribution in [2.75, 3.05) is 11.9 Å². The standard InChI is InChI=1S/C22H25NO7/c1-4-23-15-10-14-6-5-7-18-20(30-22(27)29-18)16(24)9-8-12(2)13(3)28-21(26)19(14)17(25)11-15/h5-6,8-13,18,20,23,25H,4,7H2,1-3H3/b6-5+,9-8+/t12-,13+,18+,20-/m1/s1. The lowest BCUT2D eigenvalue weighted by Gasteiger charge is -2.20. The Morgan fingerprint density at radius 3 is 2.60 bits per heavy atom. The molecule has 0 radical (unpaired) electrons. The summed E-state index contributed by atoms with van der Waals surface area (Å²) in [5.41, 5.74) is 1.12. The number of cyclic esters (lactones) is 1. The number of phenols is 1. The average Bonchev–Trinajstić information content (AvgIpc) is 3.05. The Morgan fingerprint density at radius 1 is 1.10 bits per heavy atom. The van der Waals surface area contributed by atoms with Crippen LogP contribution < -0.4 is 5.32 Å². The van der Waals surface area contributed by atoms with E-state index in [2.05, 4.69) is 5.32 Å². The van der Waals surface area contributed by atoms with Crippen molar-refractivity contribution in [3.8, 4) is 5.75 Å². The molecule has 3 rings (SSSR count). The zero-order chi connectivity index (χ0) is 21.8. The van der Waals surface area contributed by atoms with Crippen LogP contribution in [-0.2, 0) is 19.0 Å². The fraction of sp³-hybridized carbons (Fsp3) is 0.409. The minimum absolute atomic E-state index is 0.0419. The molecule has 0 amide bonds. The maximum Gasteiger partial charge on any atom is 0.509 e. The number of nitrogens with one attached hydrogen (secondary N) is 1. The summed E-state index contributed by atoms with van der Waals surface area (Å²) >= 11 is 0. The molecule has 0 unspecified atom stereocenters. The summed E-state index contributed by atoms with van der Waals surface area (Å²) in [6.45, 7) is 6.03. The number of rotatable bonds is 2. The first-order chi connectivity index (χ1) is 14.3. The van der Waals surface area contributed by atoms with Crippen LogP contribution in [0.2, 0.25) is 0 Å². The van der Waals surface area contributed by atoms with Crippen molar-refractivity contribution in [2.45, 2.75) is 45.5 Å². The number of ether oxygens (including phenoxy) is 3. The van der Waals surface area contributed by atoms with E-state index in [1.807, 2.05) is 6.92 Å². The molecular weight excluding hydrogens is 390 g/mol. The van der Waals surface area contributed by atoms with Gasteiger partial charge >= 0.3 is 12.1 Å². The Bertz CT molecular complexity index is 905. The van der Waals surface area contributed by atoms with Crippen molar-refractivity contribution in [2.24, 2.45) is 5.92 Å². The molecule has 2 N–H and O–H groups in total. The Balaban J connectivity index is 2.03. The van der Waals surface area contributed by atoms with E-state index < -0.39 is 36.2 Å². The van der Waals surface area contributed by atoms with Crippen molar-refractivity contribution < 1.29 is 33.7 Å². The molecule has 30 heavy (non-hydrogen) atoms. The fourth-order valence-electron chi connectivity index (χ4n) is 3.28. The molecule has 0 aliphatic carbocycles. The second kappa shape index (κ2) is 9.02. The molecule has 1 fully saturated rings. The molecule has 1 aromatic rings. The summed E-state index contributed by atoms with van der Waals surface area (Å²) in [5, 5.41) is 13.6. The summed E-state index contributed by atoms with van der Waals surface area (Å²) < 4.78 is 15.7. The van der Waals surface area contributed by atoms with Crippen LogP contribution >= 0.6 is 0 Å². The monoisotopic (exact) mass is 415 g/mol. The summed E-state index contributed by atoms with van der Waals surface area (Å²) in [5.74, 6) is -1.56. The molecule has 160 valence electrons. The second-order valence-electron chi connectivity index (χ2n) is 7.30. The predicted molar refractivity (Wildman–Crippen MR) is 109 cm³/mol. The van der Waals surface area contributed by atoms with Crippen LogP contribution in [-0.4, -0.2) is 47.9 Å². The number of ketones is 1. The second-order valence-corrected chi connectivity index (χ2v) is 7.30. The van der Waals surface area contributed by atoms with Crippen molar-refractivity contribution >= 4 is 29.7 Å². The lowest BCUT2D eigenvalue weighted by atomic mass is 9.99. The lowest BCUT2D eigenvalue weighted by molar-refractivity contribution is -0.122. The van der Waals surface area contributed by atoms with Crippen molar-refractivity contribution in [3.05, 3.63) is 41.5 Å². The van der Waals surface area contributed by atoms with Crippen molar-refractivity contribution in [1.82, 2.24) is 0 Å². The van der Waals surface area contributed by atoms with Crippen molar-refractivity contribution in [3.63, 3.8) is 0 Å². The minimum atomic E-state index is -1.03. The van der Waals surface area contributed by atoms with Gasteiger partial charge in [-0.15, -0.1) is 0 Å². The van der Waals surface area contributed by atoms with E-state index in [-0.39, 0.29) is 23.7 Å². The van der Waals surface area contributed by atoms with E-state index in [0.717, 1.165) is 0 Å². The first-order valence-electron chi connectivity index (χ1n) is 9.87. The third-order valence-electron chi connectivity index (χ3n) is 5.09. The maximum atomic E-state index is 12.8. The lowest BCUT2D eigenvalue weighted by Crippen LogP contribution is -2.30. The van der Waals surface area contributed by atoms with Crippen LogP contribution in [0, 0.1) is 5.92 Å². The first-order valence-corrected chi connectivity index (χ1v) is 9.87. The van der Waals surface area contributed by atoms with Gasteiger partial charge in [0.05, 0.1) is 0 Å². The normalized spacial score (nSPS) is 28.8. The molecule has 2 heterocycles. The highest BCUT2D eigenvalue weighted by atomic mass is 16.8. The largest absolute Gasteiger partial charge is 0.509 e. The molecule has 2 aliphatic rings. The number of anilines is 1. The fourth-order valence-corrected chi connectivity index (χ4v) is 3.28. The highest BCUT2D eigenvalue weighted by Gasteiger charge is 2.40. The average molecular weight is 415 g/mol. The summed E-state index contributed by atoms with van der Waals surface area (Å²) in [6.07, 6.45) is 3.14. The molecule has 8 nitrogen and oxygen atoms in total. The van der Waals surface area contributed by atoms with Gasteiger partial charge in [0.25, 0.3) is 0 Å². The summed E-state index contributed by atoms with van der Waals surface area (Å²) in [4.78, 5) is 36.8. The number of aromatic hydroxyl groups is 1. The quantitative estimate of drug-likeness (QED) is 0.707. The third kappa shape index (κ3) is 4.64. The SMILES string of the molecule is CCNc1cc(O)c2c(c1)/C=C/C[C@@H]1OC(=O)O[C@@H]1C(=O)/C=C/[C@@H](C)[C@H](C)OC2=O. The number of carbonyl (C=O) groups excluding carboxylic acids is 3. The van der Waals surface area contributed by atoms with E-state index >= 15 is 0 Å². The number of phenolic OH excluding ortho intramolecular Hbond substituents is 1. The van der Waals surface area contributed by atoms with Gasteiger partial charge in [0, 0.05) is 30.6 Å². The van der Waals surface area contributed by atoms with E-state index in [4.69, 9.17) is 14.2 Å². The highest BCUT2D eigenvalue weighted by Crippen LogP contribution is 2.30. The molecule has 2 aliphatic heterocycles. The Hall–Kier alpha value is -3.29. The van der Waals surface area contributed by atoms with Gasteiger partial charge in [-0.05, 0) is 31.6 Å². The zero-order valence-electron chi connectivity index (χ0n) is 17.1. The molecule has 0 bridgehead atoms. The number of hydrogen-bond donors (Lipinski definition) is 2. The molecule has 1 saturated heterocycles. The zero-order valence-corrected chi connectivity index (χ0v) is 17.1. The Labute approximate surface area is 174 Å². The van der Waals surface area contributed by atoms with Crippen molar-refractivity contribution in [1.29, 1.82) is 0 Å². The Morgan fingerprint density at radius 2 is 1.87 bits per heavy atom. The van der Waals surface area contributed by atoms with E-state index in [9.17, 15) is 19.5 Å². The van der Waals surface area contributed by atoms with Gasteiger partial charge in [-0.1, -0.05) is 25.2 Å². The van der Waals surface area contributed by atoms with Crippen LogP contribution in [0.25, 0.3) is 6.08 Å². The molecule has 4 atom stereocenters. The van der Waals surface area contributed by atoms with Gasteiger partial charge in [-0.3, -0.25) is 4.79 Å². The van der Waals surface area contributed by atoms with Crippen LogP contribution in [0.1, 0.15) is 43.1 Å². The molecule has 0 spiro atoms. The number of esters is 1. The summed E-state index contributed by atoms with van der Waals surface area (Å²) in [7, 11) is 0. The van der Waals surface area contributed by atoms with Crippen LogP contribution in [0.4, 0.5) is 10.5 Å². The predicted octanol–water partition coefficient (Wildman–Crippen LogP) is 3.45. The molecule has 8 heteroatoms. The number of carbonyl (C=O) groups is 3. The smallest absolute Gasteiger partial charge is 0.507 e. The summed E-state index contributed by atoms with van der Waals surface area (Å²) in [6, 6.07) is 3.19. The topological polar surface area (TPSA) is 111 Å². The maximum absolute atomic E-state index is 12.8. The van der Waals surface area contributed by atoms with E-state index in [1.54, 1.807) is 38.1 Å². The molecule has 0 aromatic heterocycles. The van der Waals surface area contributed by atoms with Gasteiger partial charge in [0.2, 0.25) is 6.10 Å². The molecule has 1 aromatic carbocycles. The van der Waals surface area contributed by atoms with Gasteiger partial charge in [0.15, 0.2) is 11.9 Å². The Kier molecular flexibility index (Phi) is 6.44. The van der Waals surface area contributed by atoms with Crippen LogP contribution in [0.15, 0.2) is 30.4 Å². The number of benzene rings is 1. The van der Waals surface area contributed by atoms with E-state index in [0.29, 0.717) is 17.8 Å². The van der Waals surface area contributed by atoms with Gasteiger partial charge in [-0.2, -0.15) is 0 Å². The third-order valence-corrected chi connectivity index (χ3v) is 5.09. The highest BCUT2D eigenvalue weighted by molar-refractivity contribution is 5.98. The van der Waals surface area contributed by atoms with Gasteiger partial charge < -0.3 is 24.6 Å². The number of fused-ring (bicyclic) bond motifs is 2. The van der Waals surface area contributed by atoms with E-state index in [1.165, 1.54) is 12.1 Å². The van der Waals surface area contributed by atoms with Gasteiger partial charge in [-0.25, -0.2) is 9.59 Å². The number of hydrogen-bond acceptors (Lipinski definition) is 8.